The monoisotopic (exact) mass is 630 g/mol. The number of carbonyl (C=O) groups is 2. The molecule has 10 nitrogen and oxygen atoms in total. The normalized spacial score (nSPS) is 14.1. The average Bonchev–Trinajstić information content (AvgIpc) is 3.20. The Morgan fingerprint density at radius 1 is 1.09 bits per heavy atom. The van der Waals surface area contributed by atoms with Crippen LogP contribution in [-0.4, -0.2) is 38.5 Å². The number of pyridine rings is 1. The summed E-state index contributed by atoms with van der Waals surface area (Å²) in [6, 6.07) is 12.5. The average molecular weight is 631 g/mol. The standard InChI is InChI=1S/C34H35ClN4O6/c1-34(2,3)45-33(43)39-27-14-21(9-12-24(27)32(42)37(39)4)15-29(40)28(13-20-7-6-8-20)38-19-30(44-5)26(17-31(38)41)25-16-23(35)11-10-22(25)18-36/h9-12,14,16-17,19-20,28H,6-8,13,15H2,1-5H3. The van der Waals surface area contributed by atoms with E-state index in [2.05, 4.69) is 6.07 Å². The van der Waals surface area contributed by atoms with Crippen LogP contribution in [-0.2, 0) is 23.0 Å². The molecule has 2 heterocycles. The maximum absolute atomic E-state index is 14.0. The maximum atomic E-state index is 14.0. The van der Waals surface area contributed by atoms with E-state index >= 15 is 0 Å². The lowest BCUT2D eigenvalue weighted by Gasteiger charge is -2.30. The van der Waals surface area contributed by atoms with Crippen LogP contribution in [0.15, 0.2) is 58.3 Å². The number of aromatic nitrogens is 3. The van der Waals surface area contributed by atoms with Crippen molar-refractivity contribution in [2.45, 2.75) is 64.5 Å². The molecule has 1 unspecified atom stereocenters. The minimum atomic E-state index is -0.779. The number of nitriles is 1. The van der Waals surface area contributed by atoms with Gasteiger partial charge in [-0.3, -0.25) is 14.4 Å². The van der Waals surface area contributed by atoms with Crippen LogP contribution in [0.5, 0.6) is 5.75 Å². The Balaban J connectivity index is 1.54. The third kappa shape index (κ3) is 6.45. The van der Waals surface area contributed by atoms with Gasteiger partial charge in [0, 0.05) is 35.7 Å². The quantitative estimate of drug-likeness (QED) is 0.233. The molecule has 0 aliphatic heterocycles. The summed E-state index contributed by atoms with van der Waals surface area (Å²) in [6.07, 6.45) is 4.29. The topological polar surface area (TPSA) is 125 Å². The fourth-order valence-corrected chi connectivity index (χ4v) is 5.91. The Morgan fingerprint density at radius 2 is 1.82 bits per heavy atom. The molecule has 11 heteroatoms. The molecule has 0 bridgehead atoms. The SMILES string of the molecule is COc1cn(C(CC2CCC2)C(=O)Cc2ccc3c(=O)n(C)n(C(=O)OC(C)(C)C)c3c2)c(=O)cc1-c1cc(Cl)ccc1C#N. The molecule has 45 heavy (non-hydrogen) atoms. The minimum absolute atomic E-state index is 0.0336. The second-order valence-corrected chi connectivity index (χ2v) is 12.9. The summed E-state index contributed by atoms with van der Waals surface area (Å²) in [4.78, 5) is 53.6. The second kappa shape index (κ2) is 12.4. The number of hydrogen-bond acceptors (Lipinski definition) is 7. The number of halogens is 1. The van der Waals surface area contributed by atoms with E-state index in [1.807, 2.05) is 0 Å². The molecule has 1 aliphatic rings. The molecular weight excluding hydrogens is 596 g/mol. The van der Waals surface area contributed by atoms with Gasteiger partial charge in [0.25, 0.3) is 11.1 Å². The molecule has 5 rings (SSSR count). The number of carbonyl (C=O) groups excluding carboxylic acids is 2. The summed E-state index contributed by atoms with van der Waals surface area (Å²) < 4.78 is 15.0. The zero-order valence-corrected chi connectivity index (χ0v) is 26.7. The maximum Gasteiger partial charge on any atom is 0.434 e. The number of benzene rings is 2. The van der Waals surface area contributed by atoms with Gasteiger partial charge in [-0.1, -0.05) is 36.9 Å². The Morgan fingerprint density at radius 3 is 2.44 bits per heavy atom. The predicted octanol–water partition coefficient (Wildman–Crippen LogP) is 6.03. The first-order valence-corrected chi connectivity index (χ1v) is 15.2. The number of ether oxygens (including phenoxy) is 2. The molecule has 0 spiro atoms. The highest BCUT2D eigenvalue weighted by atomic mass is 35.5. The van der Waals surface area contributed by atoms with Crippen molar-refractivity contribution >= 4 is 34.4 Å². The van der Waals surface area contributed by atoms with Gasteiger partial charge in [-0.15, -0.1) is 0 Å². The molecule has 1 aliphatic carbocycles. The van der Waals surface area contributed by atoms with Gasteiger partial charge in [0.15, 0.2) is 5.78 Å². The minimum Gasteiger partial charge on any atom is -0.495 e. The molecule has 2 aromatic carbocycles. The Kier molecular flexibility index (Phi) is 8.77. The van der Waals surface area contributed by atoms with E-state index in [0.717, 1.165) is 19.3 Å². The summed E-state index contributed by atoms with van der Waals surface area (Å²) >= 11 is 6.22. The van der Waals surface area contributed by atoms with E-state index in [4.69, 9.17) is 21.1 Å². The summed E-state index contributed by atoms with van der Waals surface area (Å²) in [5.74, 6) is 0.427. The smallest absolute Gasteiger partial charge is 0.434 e. The highest BCUT2D eigenvalue weighted by molar-refractivity contribution is 6.31. The molecule has 0 N–H and O–H groups in total. The molecule has 2 aromatic heterocycles. The third-order valence-corrected chi connectivity index (χ3v) is 8.44. The van der Waals surface area contributed by atoms with Gasteiger partial charge in [0.1, 0.15) is 11.4 Å². The molecule has 1 atom stereocenters. The van der Waals surface area contributed by atoms with E-state index in [-0.39, 0.29) is 17.8 Å². The van der Waals surface area contributed by atoms with Crippen molar-refractivity contribution in [1.82, 2.24) is 13.9 Å². The van der Waals surface area contributed by atoms with Gasteiger partial charge in [-0.05, 0) is 69.0 Å². The lowest BCUT2D eigenvalue weighted by atomic mass is 9.79. The van der Waals surface area contributed by atoms with Crippen LogP contribution < -0.4 is 15.9 Å². The van der Waals surface area contributed by atoms with Crippen molar-refractivity contribution in [1.29, 1.82) is 5.26 Å². The van der Waals surface area contributed by atoms with Crippen molar-refractivity contribution in [2.24, 2.45) is 13.0 Å². The predicted molar refractivity (Wildman–Crippen MR) is 171 cm³/mol. The highest BCUT2D eigenvalue weighted by Gasteiger charge is 2.30. The largest absolute Gasteiger partial charge is 0.495 e. The fraction of sp³-hybridized carbons (Fsp3) is 0.382. The fourth-order valence-electron chi connectivity index (χ4n) is 5.74. The lowest BCUT2D eigenvalue weighted by Crippen LogP contribution is -2.33. The molecule has 0 saturated heterocycles. The number of methoxy groups -OCH3 is 1. The number of hydrogen-bond donors (Lipinski definition) is 0. The van der Waals surface area contributed by atoms with Crippen LogP contribution in [0, 0.1) is 17.2 Å². The van der Waals surface area contributed by atoms with Crippen LogP contribution in [0.3, 0.4) is 0 Å². The first-order chi connectivity index (χ1) is 21.3. The van der Waals surface area contributed by atoms with E-state index < -0.39 is 23.3 Å². The van der Waals surface area contributed by atoms with Gasteiger partial charge in [0.2, 0.25) is 0 Å². The molecule has 1 saturated carbocycles. The Bertz CT molecular complexity index is 1970. The van der Waals surface area contributed by atoms with E-state index in [1.54, 1.807) is 57.2 Å². The van der Waals surface area contributed by atoms with Crippen molar-refractivity contribution in [2.75, 3.05) is 7.11 Å². The zero-order valence-electron chi connectivity index (χ0n) is 25.9. The highest BCUT2D eigenvalue weighted by Crippen LogP contribution is 2.37. The van der Waals surface area contributed by atoms with Gasteiger partial charge < -0.3 is 14.0 Å². The summed E-state index contributed by atoms with van der Waals surface area (Å²) in [5.41, 5.74) is 0.553. The first kappa shape index (κ1) is 31.8. The van der Waals surface area contributed by atoms with E-state index in [9.17, 15) is 24.4 Å². The molecule has 0 radical (unpaired) electrons. The van der Waals surface area contributed by atoms with Gasteiger partial charge >= 0.3 is 6.09 Å². The number of nitrogens with zero attached hydrogens (tertiary/aromatic N) is 4. The number of ketones is 1. The van der Waals surface area contributed by atoms with Crippen LogP contribution >= 0.6 is 11.6 Å². The van der Waals surface area contributed by atoms with Crippen molar-refractivity contribution in [3.8, 4) is 22.9 Å². The van der Waals surface area contributed by atoms with Crippen LogP contribution in [0.1, 0.15) is 63.6 Å². The van der Waals surface area contributed by atoms with E-state index in [1.165, 1.54) is 40.4 Å². The molecular formula is C34H35ClN4O6. The number of rotatable bonds is 8. The van der Waals surface area contributed by atoms with Crippen LogP contribution in [0.4, 0.5) is 4.79 Å². The van der Waals surface area contributed by atoms with Crippen molar-refractivity contribution in [3.63, 3.8) is 0 Å². The molecule has 234 valence electrons. The summed E-state index contributed by atoms with van der Waals surface area (Å²) in [5, 5.41) is 10.4. The summed E-state index contributed by atoms with van der Waals surface area (Å²) in [7, 11) is 2.95. The lowest BCUT2D eigenvalue weighted by molar-refractivity contribution is -0.122. The van der Waals surface area contributed by atoms with Crippen molar-refractivity contribution < 1.29 is 19.1 Å². The van der Waals surface area contributed by atoms with Crippen LogP contribution in [0.25, 0.3) is 22.0 Å². The summed E-state index contributed by atoms with van der Waals surface area (Å²) in [6.45, 7) is 5.21. The molecule has 4 aromatic rings. The Hall–Kier alpha value is -4.62. The van der Waals surface area contributed by atoms with Gasteiger partial charge in [0.05, 0.1) is 41.9 Å². The Labute approximate surface area is 265 Å². The first-order valence-electron chi connectivity index (χ1n) is 14.8. The second-order valence-electron chi connectivity index (χ2n) is 12.5. The molecule has 0 amide bonds. The number of Topliss-reactive ketones (excluding diaryl/α,β-unsaturated/α-hetero) is 1. The molecule has 1 fully saturated rings. The van der Waals surface area contributed by atoms with Gasteiger partial charge in [-0.25, -0.2) is 9.48 Å². The van der Waals surface area contributed by atoms with Gasteiger partial charge in [-0.2, -0.15) is 9.94 Å². The van der Waals surface area contributed by atoms with Crippen molar-refractivity contribution in [3.05, 3.63) is 85.5 Å². The number of fused-ring (bicyclic) bond motifs is 1. The third-order valence-electron chi connectivity index (χ3n) is 8.20. The zero-order chi connectivity index (χ0) is 32.6. The van der Waals surface area contributed by atoms with E-state index in [0.29, 0.717) is 56.3 Å². The van der Waals surface area contributed by atoms with Crippen LogP contribution in [0.2, 0.25) is 5.02 Å².